The minimum absolute atomic E-state index is 0.274. The second-order valence-corrected chi connectivity index (χ2v) is 6.99. The first-order valence-corrected chi connectivity index (χ1v) is 7.85. The Kier molecular flexibility index (Phi) is 4.18. The summed E-state index contributed by atoms with van der Waals surface area (Å²) < 4.78 is 0. The van der Waals surface area contributed by atoms with Gasteiger partial charge in [0.15, 0.2) is 0 Å². The van der Waals surface area contributed by atoms with E-state index in [1.54, 1.807) is 13.8 Å². The lowest BCUT2D eigenvalue weighted by Gasteiger charge is -2.24. The van der Waals surface area contributed by atoms with Crippen molar-refractivity contribution in [2.24, 2.45) is 5.92 Å². The quantitative estimate of drug-likeness (QED) is 0.897. The number of carboxylic acid groups (broad SMARTS) is 1. The molecule has 0 saturated carbocycles. The van der Waals surface area contributed by atoms with Crippen LogP contribution in [0, 0.1) is 5.92 Å². The summed E-state index contributed by atoms with van der Waals surface area (Å²) >= 11 is 1.50. The van der Waals surface area contributed by atoms with Crippen LogP contribution in [0.1, 0.15) is 53.7 Å². The molecule has 2 unspecified atom stereocenters. The van der Waals surface area contributed by atoms with E-state index >= 15 is 0 Å². The third-order valence-corrected chi connectivity index (χ3v) is 5.36. The molecular weight excluding hydrogens is 274 g/mol. The van der Waals surface area contributed by atoms with Crippen LogP contribution in [0.4, 0.5) is 0 Å². The van der Waals surface area contributed by atoms with Gasteiger partial charge in [-0.05, 0) is 50.2 Å². The van der Waals surface area contributed by atoms with Gasteiger partial charge in [-0.3, -0.25) is 4.79 Å². The van der Waals surface area contributed by atoms with Gasteiger partial charge < -0.3 is 10.4 Å². The first kappa shape index (κ1) is 15.0. The van der Waals surface area contributed by atoms with Gasteiger partial charge in [-0.15, -0.1) is 11.3 Å². The van der Waals surface area contributed by atoms with Gasteiger partial charge in [-0.25, -0.2) is 4.79 Å². The fourth-order valence-electron chi connectivity index (χ4n) is 2.42. The number of carboxylic acids is 1. The maximum Gasteiger partial charge on any atom is 0.329 e. The number of carbonyl (C=O) groups is 2. The molecule has 1 amide bonds. The summed E-state index contributed by atoms with van der Waals surface area (Å²) in [6.07, 6.45) is 3.56. The Labute approximate surface area is 123 Å². The molecule has 110 valence electrons. The lowest BCUT2D eigenvalue weighted by atomic mass is 9.90. The number of hydrogen-bond acceptors (Lipinski definition) is 3. The summed E-state index contributed by atoms with van der Waals surface area (Å²) in [6.45, 7) is 5.53. The Hall–Kier alpha value is -1.36. The smallest absolute Gasteiger partial charge is 0.329 e. The van der Waals surface area contributed by atoms with E-state index in [1.165, 1.54) is 21.8 Å². The molecule has 1 aliphatic carbocycles. The molecule has 0 aromatic carbocycles. The number of nitrogens with one attached hydrogen (secondary N) is 1. The fraction of sp³-hybridized carbons (Fsp3) is 0.600. The van der Waals surface area contributed by atoms with Gasteiger partial charge in [0, 0.05) is 4.88 Å². The third kappa shape index (κ3) is 2.87. The second kappa shape index (κ2) is 5.56. The Balaban J connectivity index is 2.16. The predicted octanol–water partition coefficient (Wildman–Crippen LogP) is 2.86. The molecule has 0 spiro atoms. The van der Waals surface area contributed by atoms with E-state index in [-0.39, 0.29) is 5.91 Å². The maximum atomic E-state index is 12.3. The fourth-order valence-corrected chi connectivity index (χ4v) is 3.53. The predicted molar refractivity (Wildman–Crippen MR) is 79.3 cm³/mol. The zero-order valence-electron chi connectivity index (χ0n) is 12.2. The second-order valence-electron chi connectivity index (χ2n) is 5.85. The summed E-state index contributed by atoms with van der Waals surface area (Å²) in [5, 5.41) is 11.9. The molecule has 0 radical (unpaired) electrons. The first-order chi connectivity index (χ1) is 9.35. The van der Waals surface area contributed by atoms with E-state index in [0.29, 0.717) is 17.2 Å². The zero-order valence-corrected chi connectivity index (χ0v) is 13.0. The van der Waals surface area contributed by atoms with E-state index in [9.17, 15) is 14.7 Å². The molecular formula is C15H21NO3S. The van der Waals surface area contributed by atoms with E-state index in [2.05, 4.69) is 12.2 Å². The van der Waals surface area contributed by atoms with Gasteiger partial charge in [-0.1, -0.05) is 13.8 Å². The standard InChI is InChI=1S/C15H21NO3S/c1-4-15(3,14(18)19)16-13(17)12-8-10-7-9(2)5-6-11(10)20-12/h8-9H,4-7H2,1-3H3,(H,16,17)(H,18,19). The van der Waals surface area contributed by atoms with Crippen molar-refractivity contribution in [1.82, 2.24) is 5.32 Å². The summed E-state index contributed by atoms with van der Waals surface area (Å²) in [6, 6.07) is 1.93. The third-order valence-electron chi connectivity index (χ3n) is 4.12. The molecule has 1 aromatic rings. The van der Waals surface area contributed by atoms with Crippen molar-refractivity contribution in [2.45, 2.75) is 52.0 Å². The Bertz CT molecular complexity index is 537. The summed E-state index contributed by atoms with van der Waals surface area (Å²) in [7, 11) is 0. The van der Waals surface area contributed by atoms with Crippen molar-refractivity contribution >= 4 is 23.2 Å². The molecule has 5 heteroatoms. The van der Waals surface area contributed by atoms with Crippen molar-refractivity contribution in [1.29, 1.82) is 0 Å². The molecule has 2 N–H and O–H groups in total. The van der Waals surface area contributed by atoms with Gasteiger partial charge in [0.2, 0.25) is 0 Å². The molecule has 0 saturated heterocycles. The van der Waals surface area contributed by atoms with Crippen molar-refractivity contribution in [3.8, 4) is 0 Å². The van der Waals surface area contributed by atoms with Crippen LogP contribution in [0.15, 0.2) is 6.07 Å². The Morgan fingerprint density at radius 1 is 1.55 bits per heavy atom. The van der Waals surface area contributed by atoms with Gasteiger partial charge in [0.1, 0.15) is 5.54 Å². The highest BCUT2D eigenvalue weighted by Crippen LogP contribution is 2.32. The highest BCUT2D eigenvalue weighted by atomic mass is 32.1. The number of hydrogen-bond donors (Lipinski definition) is 2. The van der Waals surface area contributed by atoms with Crippen LogP contribution in [0.3, 0.4) is 0 Å². The van der Waals surface area contributed by atoms with Gasteiger partial charge >= 0.3 is 5.97 Å². The van der Waals surface area contributed by atoms with Crippen molar-refractivity contribution in [3.63, 3.8) is 0 Å². The molecule has 1 heterocycles. The number of aliphatic carboxylic acids is 1. The van der Waals surface area contributed by atoms with E-state index in [1.807, 2.05) is 6.07 Å². The Morgan fingerprint density at radius 2 is 2.25 bits per heavy atom. The molecule has 2 rings (SSSR count). The molecule has 1 aromatic heterocycles. The largest absolute Gasteiger partial charge is 0.480 e. The minimum atomic E-state index is -1.20. The molecule has 2 atom stereocenters. The monoisotopic (exact) mass is 295 g/mol. The van der Waals surface area contributed by atoms with Crippen LogP contribution in [-0.4, -0.2) is 22.5 Å². The summed E-state index contributed by atoms with van der Waals surface area (Å²) in [4.78, 5) is 25.4. The van der Waals surface area contributed by atoms with Crippen molar-refractivity contribution in [3.05, 3.63) is 21.4 Å². The number of carbonyl (C=O) groups excluding carboxylic acids is 1. The zero-order chi connectivity index (χ0) is 14.9. The molecule has 0 bridgehead atoms. The van der Waals surface area contributed by atoms with E-state index < -0.39 is 11.5 Å². The summed E-state index contributed by atoms with van der Waals surface area (Å²) in [5.41, 5.74) is 0.0573. The molecule has 0 aliphatic heterocycles. The van der Waals surface area contributed by atoms with Crippen LogP contribution in [0.2, 0.25) is 0 Å². The van der Waals surface area contributed by atoms with E-state index in [0.717, 1.165) is 19.3 Å². The lowest BCUT2D eigenvalue weighted by molar-refractivity contribution is -0.143. The minimum Gasteiger partial charge on any atom is -0.480 e. The average Bonchev–Trinajstić information content (AvgIpc) is 2.81. The Morgan fingerprint density at radius 3 is 2.85 bits per heavy atom. The number of aryl methyl sites for hydroxylation is 1. The maximum absolute atomic E-state index is 12.3. The highest BCUT2D eigenvalue weighted by molar-refractivity contribution is 7.14. The van der Waals surface area contributed by atoms with Crippen LogP contribution in [0.5, 0.6) is 0 Å². The number of amides is 1. The van der Waals surface area contributed by atoms with Crippen LogP contribution >= 0.6 is 11.3 Å². The molecule has 20 heavy (non-hydrogen) atoms. The number of fused-ring (bicyclic) bond motifs is 1. The van der Waals surface area contributed by atoms with Gasteiger partial charge in [0.05, 0.1) is 4.88 Å². The van der Waals surface area contributed by atoms with Crippen molar-refractivity contribution in [2.75, 3.05) is 0 Å². The van der Waals surface area contributed by atoms with Crippen LogP contribution in [0.25, 0.3) is 0 Å². The summed E-state index contributed by atoms with van der Waals surface area (Å²) in [5.74, 6) is -0.611. The van der Waals surface area contributed by atoms with E-state index in [4.69, 9.17) is 0 Å². The number of thiophene rings is 1. The average molecular weight is 295 g/mol. The number of rotatable bonds is 4. The first-order valence-electron chi connectivity index (χ1n) is 7.03. The lowest BCUT2D eigenvalue weighted by Crippen LogP contribution is -2.51. The highest BCUT2D eigenvalue weighted by Gasteiger charge is 2.33. The van der Waals surface area contributed by atoms with Gasteiger partial charge in [0.25, 0.3) is 5.91 Å². The molecule has 0 fully saturated rings. The molecule has 4 nitrogen and oxygen atoms in total. The normalized spacial score (nSPS) is 20.9. The van der Waals surface area contributed by atoms with Gasteiger partial charge in [-0.2, -0.15) is 0 Å². The van der Waals surface area contributed by atoms with Crippen LogP contribution < -0.4 is 5.32 Å². The SMILES string of the molecule is CCC(C)(NC(=O)c1cc2c(s1)CCC(C)C2)C(=O)O. The molecule has 1 aliphatic rings. The van der Waals surface area contributed by atoms with Crippen molar-refractivity contribution < 1.29 is 14.7 Å². The topological polar surface area (TPSA) is 66.4 Å². The van der Waals surface area contributed by atoms with Crippen LogP contribution in [-0.2, 0) is 17.6 Å².